The van der Waals surface area contributed by atoms with Crippen LogP contribution in [0.15, 0.2) is 42.5 Å². The minimum absolute atomic E-state index is 0.0932. The SMILES string of the molecule is CN(Cc1ccc(F)cc1)C(CN)c1ccc(Cl)c(F)c1. The molecule has 0 aliphatic rings. The van der Waals surface area contributed by atoms with E-state index in [2.05, 4.69) is 0 Å². The van der Waals surface area contributed by atoms with Crippen molar-refractivity contribution in [3.05, 3.63) is 70.2 Å². The van der Waals surface area contributed by atoms with Gasteiger partial charge in [0, 0.05) is 19.1 Å². The lowest BCUT2D eigenvalue weighted by Gasteiger charge is -2.27. The molecule has 0 aliphatic carbocycles. The number of likely N-dealkylation sites (N-methyl/N-ethyl adjacent to an activating group) is 1. The second-order valence-electron chi connectivity index (χ2n) is 4.97. The van der Waals surface area contributed by atoms with Crippen LogP contribution in [0.5, 0.6) is 0 Å². The van der Waals surface area contributed by atoms with Gasteiger partial charge in [0.25, 0.3) is 0 Å². The maximum Gasteiger partial charge on any atom is 0.142 e. The van der Waals surface area contributed by atoms with Crippen LogP contribution in [0, 0.1) is 11.6 Å². The fourth-order valence-corrected chi connectivity index (χ4v) is 2.40. The molecule has 0 spiro atoms. The van der Waals surface area contributed by atoms with E-state index in [1.807, 2.05) is 11.9 Å². The molecule has 0 saturated carbocycles. The van der Waals surface area contributed by atoms with Crippen LogP contribution in [-0.2, 0) is 6.54 Å². The van der Waals surface area contributed by atoms with E-state index in [4.69, 9.17) is 17.3 Å². The van der Waals surface area contributed by atoms with Gasteiger partial charge in [-0.05, 0) is 42.4 Å². The summed E-state index contributed by atoms with van der Waals surface area (Å²) in [6, 6.07) is 10.8. The fraction of sp³-hybridized carbons (Fsp3) is 0.250. The highest BCUT2D eigenvalue weighted by Crippen LogP contribution is 2.24. The molecule has 2 N–H and O–H groups in total. The molecule has 2 rings (SSSR count). The van der Waals surface area contributed by atoms with Gasteiger partial charge in [0.05, 0.1) is 5.02 Å². The van der Waals surface area contributed by atoms with Crippen LogP contribution in [0.3, 0.4) is 0 Å². The first kappa shape index (κ1) is 15.9. The van der Waals surface area contributed by atoms with Crippen molar-refractivity contribution in [3.8, 4) is 0 Å². The van der Waals surface area contributed by atoms with E-state index in [1.165, 1.54) is 24.3 Å². The first-order valence-electron chi connectivity index (χ1n) is 6.61. The zero-order valence-electron chi connectivity index (χ0n) is 11.7. The summed E-state index contributed by atoms with van der Waals surface area (Å²) in [5.41, 5.74) is 7.55. The molecule has 2 aromatic carbocycles. The van der Waals surface area contributed by atoms with Crippen LogP contribution in [-0.4, -0.2) is 18.5 Å². The predicted molar refractivity (Wildman–Crippen MR) is 81.1 cm³/mol. The summed E-state index contributed by atoms with van der Waals surface area (Å²) in [5.74, 6) is -0.723. The molecule has 0 heterocycles. The van der Waals surface area contributed by atoms with Gasteiger partial charge in [-0.3, -0.25) is 4.90 Å². The second-order valence-corrected chi connectivity index (χ2v) is 5.37. The Morgan fingerprint density at radius 3 is 2.38 bits per heavy atom. The third-order valence-electron chi connectivity index (χ3n) is 3.43. The highest BCUT2D eigenvalue weighted by atomic mass is 35.5. The van der Waals surface area contributed by atoms with Crippen molar-refractivity contribution in [1.29, 1.82) is 0 Å². The highest BCUT2D eigenvalue weighted by molar-refractivity contribution is 6.30. The molecular weight excluding hydrogens is 294 g/mol. The van der Waals surface area contributed by atoms with Gasteiger partial charge in [0.2, 0.25) is 0 Å². The summed E-state index contributed by atoms with van der Waals surface area (Å²) in [6.45, 7) is 0.936. The first-order valence-corrected chi connectivity index (χ1v) is 6.98. The van der Waals surface area contributed by atoms with E-state index in [1.54, 1.807) is 18.2 Å². The number of benzene rings is 2. The van der Waals surface area contributed by atoms with Crippen molar-refractivity contribution in [3.63, 3.8) is 0 Å². The smallest absolute Gasteiger partial charge is 0.142 e. The number of halogens is 3. The number of nitrogens with zero attached hydrogens (tertiary/aromatic N) is 1. The van der Waals surface area contributed by atoms with Crippen molar-refractivity contribution in [2.75, 3.05) is 13.6 Å². The quantitative estimate of drug-likeness (QED) is 0.911. The molecule has 1 unspecified atom stereocenters. The van der Waals surface area contributed by atoms with Crippen LogP contribution in [0.2, 0.25) is 5.02 Å². The van der Waals surface area contributed by atoms with Crippen LogP contribution in [0.25, 0.3) is 0 Å². The van der Waals surface area contributed by atoms with E-state index in [-0.39, 0.29) is 16.9 Å². The molecule has 0 aromatic heterocycles. The third-order valence-corrected chi connectivity index (χ3v) is 3.74. The van der Waals surface area contributed by atoms with Crippen LogP contribution in [0.1, 0.15) is 17.2 Å². The van der Waals surface area contributed by atoms with Gasteiger partial charge in [0.15, 0.2) is 0 Å². The lowest BCUT2D eigenvalue weighted by atomic mass is 10.0. The van der Waals surface area contributed by atoms with Crippen LogP contribution >= 0.6 is 11.6 Å². The summed E-state index contributed by atoms with van der Waals surface area (Å²) >= 11 is 5.70. The Kier molecular flexibility index (Phi) is 5.28. The lowest BCUT2D eigenvalue weighted by Crippen LogP contribution is -2.30. The van der Waals surface area contributed by atoms with Gasteiger partial charge >= 0.3 is 0 Å². The molecule has 2 aromatic rings. The van der Waals surface area contributed by atoms with Crippen LogP contribution in [0.4, 0.5) is 8.78 Å². The van der Waals surface area contributed by atoms with Crippen LogP contribution < -0.4 is 5.73 Å². The van der Waals surface area contributed by atoms with E-state index in [9.17, 15) is 8.78 Å². The molecule has 112 valence electrons. The zero-order valence-corrected chi connectivity index (χ0v) is 12.4. The Balaban J connectivity index is 2.15. The Hall–Kier alpha value is -1.49. The average molecular weight is 311 g/mol. The number of nitrogens with two attached hydrogens (primary N) is 1. The normalized spacial score (nSPS) is 12.7. The molecule has 1 atom stereocenters. The maximum atomic E-state index is 13.6. The maximum absolute atomic E-state index is 13.6. The zero-order chi connectivity index (χ0) is 15.4. The van der Waals surface area contributed by atoms with Gasteiger partial charge < -0.3 is 5.73 Å². The van der Waals surface area contributed by atoms with Crippen molar-refractivity contribution >= 4 is 11.6 Å². The standard InChI is InChI=1S/C16H17ClF2N2/c1-21(10-11-2-5-13(18)6-3-11)16(9-20)12-4-7-14(17)15(19)8-12/h2-8,16H,9-10,20H2,1H3. The van der Waals surface area contributed by atoms with Crippen molar-refractivity contribution < 1.29 is 8.78 Å². The molecule has 0 saturated heterocycles. The van der Waals surface area contributed by atoms with Gasteiger partial charge in [-0.25, -0.2) is 8.78 Å². The van der Waals surface area contributed by atoms with Gasteiger partial charge in [-0.2, -0.15) is 0 Å². The van der Waals surface area contributed by atoms with E-state index < -0.39 is 5.82 Å². The minimum Gasteiger partial charge on any atom is -0.329 e. The largest absolute Gasteiger partial charge is 0.329 e. The van der Waals surface area contributed by atoms with Gasteiger partial charge in [0.1, 0.15) is 11.6 Å². The average Bonchev–Trinajstić information content (AvgIpc) is 2.46. The van der Waals surface area contributed by atoms with Gasteiger partial charge in [-0.1, -0.05) is 29.8 Å². The second kappa shape index (κ2) is 6.98. The molecule has 5 heteroatoms. The van der Waals surface area contributed by atoms with E-state index >= 15 is 0 Å². The Labute approximate surface area is 128 Å². The number of rotatable bonds is 5. The third kappa shape index (κ3) is 4.00. The summed E-state index contributed by atoms with van der Waals surface area (Å²) in [4.78, 5) is 2.00. The monoisotopic (exact) mass is 310 g/mol. The Morgan fingerprint density at radius 2 is 1.81 bits per heavy atom. The topological polar surface area (TPSA) is 29.3 Å². The molecule has 21 heavy (non-hydrogen) atoms. The summed E-state index contributed by atoms with van der Waals surface area (Å²) < 4.78 is 26.5. The Morgan fingerprint density at radius 1 is 1.14 bits per heavy atom. The number of hydrogen-bond donors (Lipinski definition) is 1. The summed E-state index contributed by atoms with van der Waals surface area (Å²) in [7, 11) is 1.90. The van der Waals surface area contributed by atoms with Gasteiger partial charge in [-0.15, -0.1) is 0 Å². The van der Waals surface area contributed by atoms with Crippen molar-refractivity contribution in [1.82, 2.24) is 4.90 Å². The molecule has 0 bridgehead atoms. The lowest BCUT2D eigenvalue weighted by molar-refractivity contribution is 0.241. The van der Waals surface area contributed by atoms with E-state index in [0.717, 1.165) is 11.1 Å². The first-order chi connectivity index (χ1) is 10.0. The predicted octanol–water partition coefficient (Wildman–Crippen LogP) is 3.75. The molecule has 0 radical (unpaired) electrons. The molecule has 2 nitrogen and oxygen atoms in total. The number of hydrogen-bond acceptors (Lipinski definition) is 2. The minimum atomic E-state index is -0.456. The Bertz CT molecular complexity index is 602. The van der Waals surface area contributed by atoms with Crippen molar-refractivity contribution in [2.24, 2.45) is 5.73 Å². The molecule has 0 aliphatic heterocycles. The molecule has 0 amide bonds. The molecular formula is C16H17ClF2N2. The summed E-state index contributed by atoms with van der Waals surface area (Å²) in [5, 5.41) is 0.0932. The highest BCUT2D eigenvalue weighted by Gasteiger charge is 2.17. The van der Waals surface area contributed by atoms with Crippen molar-refractivity contribution in [2.45, 2.75) is 12.6 Å². The molecule has 0 fully saturated rings. The fourth-order valence-electron chi connectivity index (χ4n) is 2.28. The summed E-state index contributed by atoms with van der Waals surface area (Å²) in [6.07, 6.45) is 0. The van der Waals surface area contributed by atoms with E-state index in [0.29, 0.717) is 13.1 Å².